The first kappa shape index (κ1) is 22.6. The van der Waals surface area contributed by atoms with Gasteiger partial charge in [0.05, 0.1) is 6.21 Å². The van der Waals surface area contributed by atoms with Gasteiger partial charge in [-0.25, -0.2) is 5.43 Å². The van der Waals surface area contributed by atoms with E-state index in [4.69, 9.17) is 39.5 Å². The van der Waals surface area contributed by atoms with Crippen LogP contribution in [-0.4, -0.2) is 18.0 Å². The number of carbonyl (C=O) groups excluding carboxylic acids is 2. The predicted molar refractivity (Wildman–Crippen MR) is 123 cm³/mol. The van der Waals surface area contributed by atoms with Gasteiger partial charge in [0.25, 0.3) is 0 Å². The summed E-state index contributed by atoms with van der Waals surface area (Å²) in [5.41, 5.74) is 3.91. The average molecular weight is 477 g/mol. The van der Waals surface area contributed by atoms with E-state index < -0.39 is 11.8 Å². The van der Waals surface area contributed by atoms with Crippen LogP contribution in [0.4, 0.5) is 5.69 Å². The lowest BCUT2D eigenvalue weighted by molar-refractivity contribution is -0.136. The molecule has 0 bridgehead atoms. The first-order valence-corrected chi connectivity index (χ1v) is 10.1. The van der Waals surface area contributed by atoms with Crippen molar-refractivity contribution in [3.63, 3.8) is 0 Å². The van der Waals surface area contributed by atoms with Crippen LogP contribution in [0.25, 0.3) is 0 Å². The van der Waals surface area contributed by atoms with Crippen molar-refractivity contribution in [3.05, 3.63) is 92.9 Å². The maximum absolute atomic E-state index is 11.9. The van der Waals surface area contributed by atoms with E-state index in [0.717, 1.165) is 0 Å². The molecule has 0 aliphatic carbocycles. The zero-order valence-electron chi connectivity index (χ0n) is 15.9. The van der Waals surface area contributed by atoms with Gasteiger partial charge in [-0.1, -0.05) is 59.1 Å². The number of ether oxygens (including phenoxy) is 1. The maximum atomic E-state index is 11.9. The highest BCUT2D eigenvalue weighted by Gasteiger charge is 2.13. The SMILES string of the molecule is O=C(N/N=C\c1cccc(OCc2c(Cl)cccc2Cl)c1)C(=O)Nc1cccc(Cl)c1. The summed E-state index contributed by atoms with van der Waals surface area (Å²) in [5, 5.41) is 7.71. The maximum Gasteiger partial charge on any atom is 0.329 e. The van der Waals surface area contributed by atoms with Crippen molar-refractivity contribution >= 4 is 58.5 Å². The quantitative estimate of drug-likeness (QED) is 0.287. The lowest BCUT2D eigenvalue weighted by Gasteiger charge is -2.09. The van der Waals surface area contributed by atoms with Crippen molar-refractivity contribution in [2.45, 2.75) is 6.61 Å². The molecule has 0 spiro atoms. The summed E-state index contributed by atoms with van der Waals surface area (Å²) in [6, 6.07) is 18.7. The molecule has 2 N–H and O–H groups in total. The number of hydrogen-bond acceptors (Lipinski definition) is 4. The highest BCUT2D eigenvalue weighted by Crippen LogP contribution is 2.26. The fourth-order valence-electron chi connectivity index (χ4n) is 2.48. The second-order valence-electron chi connectivity index (χ2n) is 6.22. The molecule has 0 aromatic heterocycles. The lowest BCUT2D eigenvalue weighted by atomic mass is 10.2. The summed E-state index contributed by atoms with van der Waals surface area (Å²) in [6.07, 6.45) is 1.39. The number of hydrazone groups is 1. The highest BCUT2D eigenvalue weighted by molar-refractivity contribution is 6.40. The van der Waals surface area contributed by atoms with Crippen LogP contribution >= 0.6 is 34.8 Å². The number of anilines is 1. The van der Waals surface area contributed by atoms with Crippen LogP contribution in [0, 0.1) is 0 Å². The van der Waals surface area contributed by atoms with Crippen LogP contribution in [0.3, 0.4) is 0 Å². The number of rotatable bonds is 6. The van der Waals surface area contributed by atoms with Gasteiger partial charge in [0.2, 0.25) is 0 Å². The van der Waals surface area contributed by atoms with Crippen molar-refractivity contribution in [2.24, 2.45) is 5.10 Å². The van der Waals surface area contributed by atoms with E-state index in [1.54, 1.807) is 60.7 Å². The molecule has 0 fully saturated rings. The minimum absolute atomic E-state index is 0.194. The van der Waals surface area contributed by atoms with Crippen LogP contribution in [0.15, 0.2) is 71.8 Å². The van der Waals surface area contributed by atoms with Crippen LogP contribution in [0.1, 0.15) is 11.1 Å². The van der Waals surface area contributed by atoms with Gasteiger partial charge in [0, 0.05) is 26.3 Å². The molecule has 0 unspecified atom stereocenters. The summed E-state index contributed by atoms with van der Waals surface area (Å²) < 4.78 is 5.74. The molecule has 3 aromatic carbocycles. The monoisotopic (exact) mass is 475 g/mol. The smallest absolute Gasteiger partial charge is 0.329 e. The molecule has 0 aliphatic rings. The molecule has 3 aromatic rings. The van der Waals surface area contributed by atoms with E-state index in [-0.39, 0.29) is 6.61 Å². The average Bonchev–Trinajstić information content (AvgIpc) is 2.73. The molecule has 31 heavy (non-hydrogen) atoms. The topological polar surface area (TPSA) is 79.8 Å². The third-order valence-electron chi connectivity index (χ3n) is 3.97. The Morgan fingerprint density at radius 1 is 0.903 bits per heavy atom. The fourth-order valence-corrected chi connectivity index (χ4v) is 3.18. The van der Waals surface area contributed by atoms with Crippen molar-refractivity contribution in [3.8, 4) is 5.75 Å². The van der Waals surface area contributed by atoms with Crippen molar-refractivity contribution < 1.29 is 14.3 Å². The lowest BCUT2D eigenvalue weighted by Crippen LogP contribution is -2.32. The summed E-state index contributed by atoms with van der Waals surface area (Å²) in [6.45, 7) is 0.194. The molecule has 0 saturated heterocycles. The normalized spacial score (nSPS) is 10.7. The van der Waals surface area contributed by atoms with Crippen LogP contribution in [0.5, 0.6) is 5.75 Å². The number of nitrogens with one attached hydrogen (secondary N) is 2. The van der Waals surface area contributed by atoms with E-state index in [9.17, 15) is 9.59 Å². The zero-order chi connectivity index (χ0) is 22.2. The minimum Gasteiger partial charge on any atom is -0.489 e. The molecular formula is C22H16Cl3N3O3. The highest BCUT2D eigenvalue weighted by atomic mass is 35.5. The standard InChI is InChI=1S/C22H16Cl3N3O3/c23-15-5-2-6-16(11-15)27-21(29)22(30)28-26-12-14-4-1-7-17(10-14)31-13-18-19(24)8-3-9-20(18)25/h1-12H,13H2,(H,27,29)(H,28,30)/b26-12-. The van der Waals surface area contributed by atoms with Crippen LogP contribution in [-0.2, 0) is 16.2 Å². The van der Waals surface area contributed by atoms with E-state index in [2.05, 4.69) is 15.8 Å². The Balaban J connectivity index is 1.55. The number of hydrogen-bond donors (Lipinski definition) is 2. The van der Waals surface area contributed by atoms with Crippen LogP contribution < -0.4 is 15.5 Å². The van der Waals surface area contributed by atoms with Gasteiger partial charge in [0.1, 0.15) is 12.4 Å². The first-order valence-electron chi connectivity index (χ1n) is 8.98. The van der Waals surface area contributed by atoms with Gasteiger partial charge in [-0.3, -0.25) is 9.59 Å². The summed E-state index contributed by atoms with van der Waals surface area (Å²) in [4.78, 5) is 23.8. The summed E-state index contributed by atoms with van der Waals surface area (Å²) >= 11 is 18.1. The van der Waals surface area contributed by atoms with Gasteiger partial charge in [-0.2, -0.15) is 5.10 Å². The summed E-state index contributed by atoms with van der Waals surface area (Å²) in [7, 11) is 0. The van der Waals surface area contributed by atoms with Gasteiger partial charge < -0.3 is 10.1 Å². The Bertz CT molecular complexity index is 1120. The molecular weight excluding hydrogens is 461 g/mol. The van der Waals surface area contributed by atoms with Gasteiger partial charge >= 0.3 is 11.8 Å². The Morgan fingerprint density at radius 3 is 2.35 bits per heavy atom. The molecule has 6 nitrogen and oxygen atoms in total. The molecule has 0 atom stereocenters. The van der Waals surface area contributed by atoms with Gasteiger partial charge in [-0.15, -0.1) is 0 Å². The molecule has 0 radical (unpaired) electrons. The number of carbonyl (C=O) groups is 2. The van der Waals surface area contributed by atoms with Crippen LogP contribution in [0.2, 0.25) is 15.1 Å². The van der Waals surface area contributed by atoms with E-state index >= 15 is 0 Å². The van der Waals surface area contributed by atoms with E-state index in [0.29, 0.717) is 37.6 Å². The molecule has 2 amide bonds. The predicted octanol–water partition coefficient (Wildman–Crippen LogP) is 5.31. The zero-order valence-corrected chi connectivity index (χ0v) is 18.2. The van der Waals surface area contributed by atoms with Gasteiger partial charge in [-0.05, 0) is 48.0 Å². The molecule has 0 aliphatic heterocycles. The van der Waals surface area contributed by atoms with Gasteiger partial charge in [0.15, 0.2) is 0 Å². The Morgan fingerprint density at radius 2 is 1.61 bits per heavy atom. The molecule has 0 saturated carbocycles. The Labute approximate surface area is 193 Å². The first-order chi connectivity index (χ1) is 14.9. The Hall–Kier alpha value is -3.06. The van der Waals surface area contributed by atoms with E-state index in [1.165, 1.54) is 12.3 Å². The largest absolute Gasteiger partial charge is 0.489 e. The fraction of sp³-hybridized carbons (Fsp3) is 0.0455. The molecule has 0 heterocycles. The van der Waals surface area contributed by atoms with Crippen molar-refractivity contribution in [1.82, 2.24) is 5.43 Å². The van der Waals surface area contributed by atoms with E-state index in [1.807, 2.05) is 0 Å². The third kappa shape index (κ3) is 6.72. The second-order valence-corrected chi connectivity index (χ2v) is 7.48. The number of nitrogens with zero attached hydrogens (tertiary/aromatic N) is 1. The minimum atomic E-state index is -0.919. The number of halogens is 3. The van der Waals surface area contributed by atoms with Crippen molar-refractivity contribution in [1.29, 1.82) is 0 Å². The Kier molecular flexibility index (Phi) is 7.89. The summed E-state index contributed by atoms with van der Waals surface area (Å²) in [5.74, 6) is -1.23. The second kappa shape index (κ2) is 10.8. The third-order valence-corrected chi connectivity index (χ3v) is 4.91. The number of benzene rings is 3. The molecule has 158 valence electrons. The molecule has 3 rings (SSSR count). The molecule has 9 heteroatoms. The number of amides is 2. The van der Waals surface area contributed by atoms with Crippen molar-refractivity contribution in [2.75, 3.05) is 5.32 Å².